The number of rotatable bonds is 2. The molecule has 0 spiro atoms. The highest BCUT2D eigenvalue weighted by Gasteiger charge is 2.13. The third-order valence-corrected chi connectivity index (χ3v) is 2.28. The Hall–Kier alpha value is -1.02. The summed E-state index contributed by atoms with van der Waals surface area (Å²) in [6, 6.07) is 10.7. The minimum Gasteiger partial charge on any atom is -0.490 e. The van der Waals surface area contributed by atoms with Gasteiger partial charge in [-0.2, -0.15) is 0 Å². The molecule has 1 radical (unpaired) electrons. The number of nitrogens with one attached hydrogen (secondary N) is 1. The predicted molar refractivity (Wildman–Crippen MR) is 51.8 cm³/mol. The Morgan fingerprint density at radius 2 is 1.92 bits per heavy atom. The van der Waals surface area contributed by atoms with Gasteiger partial charge >= 0.3 is 0 Å². The Morgan fingerprint density at radius 3 is 2.62 bits per heavy atom. The van der Waals surface area contributed by atoms with Crippen molar-refractivity contribution >= 4 is 0 Å². The van der Waals surface area contributed by atoms with Crippen molar-refractivity contribution in [3.63, 3.8) is 0 Å². The molecule has 1 aromatic carbocycles. The van der Waals surface area contributed by atoms with Crippen molar-refractivity contribution in [2.75, 3.05) is 13.1 Å². The van der Waals surface area contributed by atoms with Gasteiger partial charge in [-0.1, -0.05) is 12.1 Å². The second-order valence-corrected chi connectivity index (χ2v) is 3.30. The summed E-state index contributed by atoms with van der Waals surface area (Å²) in [5.41, 5.74) is 0. The molecule has 13 heavy (non-hydrogen) atoms. The van der Waals surface area contributed by atoms with Crippen LogP contribution in [0.5, 0.6) is 5.75 Å². The van der Waals surface area contributed by atoms with Gasteiger partial charge in [-0.15, -0.1) is 0 Å². The van der Waals surface area contributed by atoms with Crippen molar-refractivity contribution in [3.8, 4) is 5.75 Å². The Bertz CT molecular complexity index is 242. The first-order chi connectivity index (χ1) is 6.45. The molecule has 1 aliphatic heterocycles. The Balaban J connectivity index is 1.90. The van der Waals surface area contributed by atoms with Gasteiger partial charge in [-0.05, 0) is 44.1 Å². The fourth-order valence-corrected chi connectivity index (χ4v) is 1.56. The zero-order chi connectivity index (χ0) is 8.93. The maximum Gasteiger partial charge on any atom is 0.119 e. The molecule has 0 saturated carbocycles. The molecule has 0 amide bonds. The second kappa shape index (κ2) is 4.28. The maximum atomic E-state index is 5.80. The molecular formula is C11H14NO. The molecule has 69 valence electrons. The minimum absolute atomic E-state index is 0.392. The first-order valence-corrected chi connectivity index (χ1v) is 4.78. The highest BCUT2D eigenvalue weighted by molar-refractivity contribution is 5.20. The number of hydrogen-bond donors (Lipinski definition) is 1. The molecule has 2 nitrogen and oxygen atoms in total. The van der Waals surface area contributed by atoms with Gasteiger partial charge in [-0.25, -0.2) is 0 Å². The standard InChI is InChI=1S/C11H14NO/c1-2-4-10(5-3-1)13-11-6-8-12-9-7-11/h2-5,11-12H,6-9H2. The molecule has 1 fully saturated rings. The van der Waals surface area contributed by atoms with Crippen LogP contribution in [0.4, 0.5) is 0 Å². The largest absolute Gasteiger partial charge is 0.490 e. The van der Waals surface area contributed by atoms with E-state index in [1.165, 1.54) is 0 Å². The third kappa shape index (κ3) is 2.46. The van der Waals surface area contributed by atoms with Crippen LogP contribution in [-0.4, -0.2) is 19.2 Å². The van der Waals surface area contributed by atoms with E-state index in [1.807, 2.05) is 24.3 Å². The Labute approximate surface area is 78.9 Å². The summed E-state index contributed by atoms with van der Waals surface area (Å²) in [6.07, 6.45) is 2.61. The van der Waals surface area contributed by atoms with E-state index in [4.69, 9.17) is 4.74 Å². The van der Waals surface area contributed by atoms with Gasteiger partial charge in [0.1, 0.15) is 11.9 Å². The molecule has 0 unspecified atom stereocenters. The molecule has 0 atom stereocenters. The lowest BCUT2D eigenvalue weighted by atomic mass is 10.1. The zero-order valence-electron chi connectivity index (χ0n) is 7.62. The summed E-state index contributed by atoms with van der Waals surface area (Å²) >= 11 is 0. The van der Waals surface area contributed by atoms with Gasteiger partial charge in [0.15, 0.2) is 0 Å². The molecule has 1 aliphatic rings. The van der Waals surface area contributed by atoms with Gasteiger partial charge in [0.05, 0.1) is 0 Å². The van der Waals surface area contributed by atoms with Crippen molar-refractivity contribution in [2.45, 2.75) is 18.9 Å². The summed E-state index contributed by atoms with van der Waals surface area (Å²) in [7, 11) is 0. The lowest BCUT2D eigenvalue weighted by Crippen LogP contribution is -2.34. The first kappa shape index (κ1) is 8.57. The van der Waals surface area contributed by atoms with Crippen molar-refractivity contribution in [1.82, 2.24) is 5.32 Å². The van der Waals surface area contributed by atoms with E-state index in [0.29, 0.717) is 6.10 Å². The van der Waals surface area contributed by atoms with E-state index in [9.17, 15) is 0 Å². The SMILES string of the molecule is [c]1ccc(OC2CCNCC2)cc1. The summed E-state index contributed by atoms with van der Waals surface area (Å²) in [4.78, 5) is 0. The van der Waals surface area contributed by atoms with Crippen LogP contribution in [-0.2, 0) is 0 Å². The van der Waals surface area contributed by atoms with Crippen molar-refractivity contribution < 1.29 is 4.74 Å². The number of hydrogen-bond acceptors (Lipinski definition) is 2. The molecule has 1 heterocycles. The maximum absolute atomic E-state index is 5.80. The molecule has 1 aromatic rings. The molecule has 1 N–H and O–H groups in total. The van der Waals surface area contributed by atoms with Crippen LogP contribution in [0.15, 0.2) is 24.3 Å². The Morgan fingerprint density at radius 1 is 1.23 bits per heavy atom. The number of ether oxygens (including phenoxy) is 1. The monoisotopic (exact) mass is 176 g/mol. The van der Waals surface area contributed by atoms with Crippen molar-refractivity contribution in [1.29, 1.82) is 0 Å². The van der Waals surface area contributed by atoms with E-state index in [-0.39, 0.29) is 0 Å². The fraction of sp³-hybridized carbons (Fsp3) is 0.455. The molecule has 0 bridgehead atoms. The van der Waals surface area contributed by atoms with Crippen molar-refractivity contribution in [2.24, 2.45) is 0 Å². The molecule has 2 rings (SSSR count). The van der Waals surface area contributed by atoms with Gasteiger partial charge in [0.2, 0.25) is 0 Å². The van der Waals surface area contributed by atoms with Crippen LogP contribution in [0.25, 0.3) is 0 Å². The lowest BCUT2D eigenvalue weighted by molar-refractivity contribution is 0.162. The quantitative estimate of drug-likeness (QED) is 0.739. The zero-order valence-corrected chi connectivity index (χ0v) is 7.62. The molecular weight excluding hydrogens is 162 g/mol. The third-order valence-electron chi connectivity index (χ3n) is 2.28. The highest BCUT2D eigenvalue weighted by atomic mass is 16.5. The lowest BCUT2D eigenvalue weighted by Gasteiger charge is -2.23. The van der Waals surface area contributed by atoms with Crippen LogP contribution >= 0.6 is 0 Å². The van der Waals surface area contributed by atoms with Crippen LogP contribution in [0.1, 0.15) is 12.8 Å². The minimum atomic E-state index is 0.392. The molecule has 0 aromatic heterocycles. The molecule has 2 heteroatoms. The van der Waals surface area contributed by atoms with Gasteiger partial charge in [-0.3, -0.25) is 0 Å². The smallest absolute Gasteiger partial charge is 0.119 e. The average Bonchev–Trinajstić information content (AvgIpc) is 2.21. The van der Waals surface area contributed by atoms with Crippen molar-refractivity contribution in [3.05, 3.63) is 30.3 Å². The van der Waals surface area contributed by atoms with E-state index in [1.54, 1.807) is 0 Å². The van der Waals surface area contributed by atoms with E-state index < -0.39 is 0 Å². The van der Waals surface area contributed by atoms with Crippen LogP contribution in [0.2, 0.25) is 0 Å². The van der Waals surface area contributed by atoms with E-state index in [2.05, 4.69) is 11.4 Å². The number of piperidine rings is 1. The van der Waals surface area contributed by atoms with E-state index >= 15 is 0 Å². The summed E-state index contributed by atoms with van der Waals surface area (Å²) in [6.45, 7) is 2.15. The molecule has 0 aliphatic carbocycles. The van der Waals surface area contributed by atoms with Crippen LogP contribution in [0.3, 0.4) is 0 Å². The normalized spacial score (nSPS) is 18.5. The summed E-state index contributed by atoms with van der Waals surface area (Å²) < 4.78 is 5.80. The average molecular weight is 176 g/mol. The number of benzene rings is 1. The summed E-state index contributed by atoms with van der Waals surface area (Å²) in [5.74, 6) is 0.964. The Kier molecular flexibility index (Phi) is 2.82. The first-order valence-electron chi connectivity index (χ1n) is 4.78. The highest BCUT2D eigenvalue weighted by Crippen LogP contribution is 2.15. The van der Waals surface area contributed by atoms with Gasteiger partial charge in [0.25, 0.3) is 0 Å². The van der Waals surface area contributed by atoms with Crippen LogP contribution < -0.4 is 10.1 Å². The topological polar surface area (TPSA) is 21.3 Å². The summed E-state index contributed by atoms with van der Waals surface area (Å²) in [5, 5.41) is 3.31. The second-order valence-electron chi connectivity index (χ2n) is 3.30. The molecule has 1 saturated heterocycles. The van der Waals surface area contributed by atoms with E-state index in [0.717, 1.165) is 31.7 Å². The fourth-order valence-electron chi connectivity index (χ4n) is 1.56. The van der Waals surface area contributed by atoms with Gasteiger partial charge < -0.3 is 10.1 Å². The predicted octanol–water partition coefficient (Wildman–Crippen LogP) is 1.62. The van der Waals surface area contributed by atoms with Crippen LogP contribution in [0, 0.1) is 6.07 Å². The van der Waals surface area contributed by atoms with Gasteiger partial charge in [0, 0.05) is 0 Å².